The molecule has 32 heavy (non-hydrogen) atoms. The molecule has 0 saturated carbocycles. The zero-order chi connectivity index (χ0) is 24.7. The number of hydrogen-bond donors (Lipinski definition) is 1. The lowest BCUT2D eigenvalue weighted by molar-refractivity contribution is -0.126. The summed E-state index contributed by atoms with van der Waals surface area (Å²) in [5, 5.41) is 1.21. The maximum atomic E-state index is 12.0. The van der Waals surface area contributed by atoms with Gasteiger partial charge in [0.15, 0.2) is 6.10 Å². The Bertz CT molecular complexity index is 1020. The van der Waals surface area contributed by atoms with Crippen LogP contribution < -0.4 is 16.1 Å². The molecule has 0 fully saturated rings. The first-order valence-electron chi connectivity index (χ1n) is 10.8. The summed E-state index contributed by atoms with van der Waals surface area (Å²) in [6.07, 6.45) is -0.948. The van der Waals surface area contributed by atoms with Crippen molar-refractivity contribution in [1.82, 2.24) is 0 Å². The quantitative estimate of drug-likeness (QED) is 0.448. The third-order valence-corrected chi connectivity index (χ3v) is 4.12. The van der Waals surface area contributed by atoms with E-state index in [-0.39, 0.29) is 6.61 Å². The van der Waals surface area contributed by atoms with Crippen molar-refractivity contribution in [2.75, 3.05) is 13.7 Å². The fourth-order valence-electron chi connectivity index (χ4n) is 2.61. The molecular formula is C25H34ClNO5. The van der Waals surface area contributed by atoms with Crippen molar-refractivity contribution in [1.29, 1.82) is 0 Å². The molecule has 0 aliphatic rings. The number of ether oxygens (including phenoxy) is 2. The van der Waals surface area contributed by atoms with Gasteiger partial charge in [0.25, 0.3) is 5.91 Å². The maximum Gasteiger partial charge on any atom is 0.336 e. The second kappa shape index (κ2) is 15.9. The summed E-state index contributed by atoms with van der Waals surface area (Å²) in [5.74, 6) is -0.323. The molecule has 3 rings (SSSR count). The van der Waals surface area contributed by atoms with Crippen molar-refractivity contribution in [3.05, 3.63) is 64.0 Å². The van der Waals surface area contributed by atoms with Crippen LogP contribution in [0.3, 0.4) is 0 Å². The molecule has 2 aromatic carbocycles. The van der Waals surface area contributed by atoms with Gasteiger partial charge in [0.2, 0.25) is 0 Å². The fraction of sp³-hybridized carbons (Fsp3) is 0.360. The van der Waals surface area contributed by atoms with Crippen molar-refractivity contribution >= 4 is 28.5 Å². The summed E-state index contributed by atoms with van der Waals surface area (Å²) < 4.78 is 15.7. The molecule has 6 nitrogen and oxygen atoms in total. The van der Waals surface area contributed by atoms with Crippen LogP contribution in [0, 0.1) is 0 Å². The molecule has 0 spiro atoms. The van der Waals surface area contributed by atoms with Crippen LogP contribution in [0.25, 0.3) is 22.1 Å². The summed E-state index contributed by atoms with van der Waals surface area (Å²) in [4.78, 5) is 23.4. The van der Waals surface area contributed by atoms with Gasteiger partial charge < -0.3 is 19.6 Å². The number of carbonyl (C=O) groups is 1. The lowest BCUT2D eigenvalue weighted by atomic mass is 10.0. The second-order valence-corrected chi connectivity index (χ2v) is 5.99. The molecule has 1 unspecified atom stereocenters. The highest BCUT2D eigenvalue weighted by Gasteiger charge is 2.18. The minimum Gasteiger partial charge on any atom is -0.478 e. The van der Waals surface area contributed by atoms with Crippen LogP contribution in [0.15, 0.2) is 57.7 Å². The highest BCUT2D eigenvalue weighted by atomic mass is 35.5. The Morgan fingerprint density at radius 2 is 1.62 bits per heavy atom. The summed E-state index contributed by atoms with van der Waals surface area (Å²) in [7, 11) is 1.44. The average Bonchev–Trinajstić information content (AvgIpc) is 2.82. The Hall–Kier alpha value is -2.83. The molecule has 1 aromatic heterocycles. The SMILES string of the molecule is CC.CC.CC.COCC(Oc1ccc2c(-c3ccccc3Cl)cc(=O)oc2c1)C(N)=O. The number of carbonyl (C=O) groups excluding carboxylic acids is 1. The van der Waals surface area contributed by atoms with Gasteiger partial charge in [-0.15, -0.1) is 0 Å². The minimum absolute atomic E-state index is 0.0109. The van der Waals surface area contributed by atoms with Gasteiger partial charge in [-0.1, -0.05) is 71.3 Å². The van der Waals surface area contributed by atoms with Crippen molar-refractivity contribution in [2.24, 2.45) is 5.73 Å². The molecule has 1 amide bonds. The van der Waals surface area contributed by atoms with Gasteiger partial charge >= 0.3 is 5.63 Å². The number of amides is 1. The van der Waals surface area contributed by atoms with E-state index in [0.717, 1.165) is 5.56 Å². The first-order valence-corrected chi connectivity index (χ1v) is 11.1. The number of nitrogens with two attached hydrogens (primary N) is 1. The first-order chi connectivity index (χ1) is 15.5. The molecule has 0 bridgehead atoms. The molecular weight excluding hydrogens is 430 g/mol. The third-order valence-electron chi connectivity index (χ3n) is 3.79. The molecule has 3 aromatic rings. The number of methoxy groups -OCH3 is 1. The van der Waals surface area contributed by atoms with Crippen molar-refractivity contribution in [3.63, 3.8) is 0 Å². The van der Waals surface area contributed by atoms with E-state index < -0.39 is 17.6 Å². The average molecular weight is 464 g/mol. The lowest BCUT2D eigenvalue weighted by Crippen LogP contribution is -2.37. The van der Waals surface area contributed by atoms with Crippen LogP contribution in [-0.4, -0.2) is 25.7 Å². The smallest absolute Gasteiger partial charge is 0.336 e. The van der Waals surface area contributed by atoms with Gasteiger partial charge in [-0.05, 0) is 18.2 Å². The van der Waals surface area contributed by atoms with Crippen LogP contribution >= 0.6 is 11.6 Å². The van der Waals surface area contributed by atoms with E-state index in [9.17, 15) is 9.59 Å². The molecule has 0 saturated heterocycles. The van der Waals surface area contributed by atoms with E-state index in [2.05, 4.69) is 0 Å². The monoisotopic (exact) mass is 463 g/mol. The number of halogens is 1. The summed E-state index contributed by atoms with van der Waals surface area (Å²) >= 11 is 6.26. The van der Waals surface area contributed by atoms with Crippen LogP contribution in [0.5, 0.6) is 5.75 Å². The number of fused-ring (bicyclic) bond motifs is 1. The number of hydrogen-bond acceptors (Lipinski definition) is 5. The second-order valence-electron chi connectivity index (χ2n) is 5.58. The predicted molar refractivity (Wildman–Crippen MR) is 132 cm³/mol. The van der Waals surface area contributed by atoms with E-state index in [4.69, 9.17) is 31.2 Å². The Balaban J connectivity index is 0.00000148. The standard InChI is InChI=1S/C19H16ClNO5.3C2H6/c1-24-10-17(19(21)23)25-11-6-7-13-14(9-18(22)26-16(13)8-11)12-4-2-3-5-15(12)20;3*1-2/h2-9,17H,10H2,1H3,(H2,21,23);3*1-2H3. The van der Waals surface area contributed by atoms with Gasteiger partial charge in [-0.2, -0.15) is 0 Å². The Kier molecular flexibility index (Phi) is 14.5. The number of primary amides is 1. The fourth-order valence-corrected chi connectivity index (χ4v) is 2.85. The Morgan fingerprint density at radius 3 is 2.19 bits per heavy atom. The third kappa shape index (κ3) is 8.02. The lowest BCUT2D eigenvalue weighted by Gasteiger charge is -2.15. The topological polar surface area (TPSA) is 91.8 Å². The maximum absolute atomic E-state index is 12.0. The van der Waals surface area contributed by atoms with Gasteiger partial charge in [-0.25, -0.2) is 4.79 Å². The molecule has 7 heteroatoms. The predicted octanol–water partition coefficient (Wildman–Crippen LogP) is 6.07. The van der Waals surface area contributed by atoms with E-state index in [1.165, 1.54) is 19.2 Å². The Morgan fingerprint density at radius 1 is 1.00 bits per heavy atom. The normalized spacial score (nSPS) is 10.4. The molecule has 176 valence electrons. The van der Waals surface area contributed by atoms with Crippen molar-refractivity contribution in [3.8, 4) is 16.9 Å². The minimum atomic E-state index is -0.948. The van der Waals surface area contributed by atoms with Gasteiger partial charge in [0.1, 0.15) is 11.3 Å². The van der Waals surface area contributed by atoms with E-state index in [1.54, 1.807) is 18.2 Å². The number of rotatable bonds is 6. The zero-order valence-electron chi connectivity index (χ0n) is 19.9. The number of benzene rings is 2. The van der Waals surface area contributed by atoms with E-state index >= 15 is 0 Å². The van der Waals surface area contributed by atoms with Crippen LogP contribution in [0.4, 0.5) is 0 Å². The van der Waals surface area contributed by atoms with Gasteiger partial charge in [0.05, 0.1) is 6.61 Å². The summed E-state index contributed by atoms with van der Waals surface area (Å²) in [6.45, 7) is 12.0. The largest absolute Gasteiger partial charge is 0.478 e. The van der Waals surface area contributed by atoms with Crippen molar-refractivity contribution < 1.29 is 18.7 Å². The molecule has 0 radical (unpaired) electrons. The van der Waals surface area contributed by atoms with Crippen LogP contribution in [-0.2, 0) is 9.53 Å². The first kappa shape index (κ1) is 29.2. The van der Waals surface area contributed by atoms with Gasteiger partial charge in [-0.3, -0.25) is 4.79 Å². The van der Waals surface area contributed by atoms with E-state index in [1.807, 2.05) is 59.7 Å². The summed E-state index contributed by atoms with van der Waals surface area (Å²) in [5.41, 5.74) is 6.45. The zero-order valence-corrected chi connectivity index (χ0v) is 20.7. The highest BCUT2D eigenvalue weighted by Crippen LogP contribution is 2.33. The van der Waals surface area contributed by atoms with Crippen LogP contribution in [0.2, 0.25) is 5.02 Å². The van der Waals surface area contributed by atoms with Crippen LogP contribution in [0.1, 0.15) is 41.5 Å². The summed E-state index contributed by atoms with van der Waals surface area (Å²) in [6, 6.07) is 13.5. The molecule has 1 heterocycles. The van der Waals surface area contributed by atoms with Gasteiger partial charge in [0, 0.05) is 40.8 Å². The molecule has 0 aliphatic carbocycles. The van der Waals surface area contributed by atoms with E-state index in [0.29, 0.717) is 27.3 Å². The molecule has 2 N–H and O–H groups in total. The van der Waals surface area contributed by atoms with Crippen molar-refractivity contribution in [2.45, 2.75) is 47.6 Å². The molecule has 0 aliphatic heterocycles. The molecule has 1 atom stereocenters. The highest BCUT2D eigenvalue weighted by molar-refractivity contribution is 6.33. The Labute approximate surface area is 195 Å².